The van der Waals surface area contributed by atoms with Crippen LogP contribution in [0.25, 0.3) is 5.57 Å². The van der Waals surface area contributed by atoms with Crippen molar-refractivity contribution in [2.75, 3.05) is 23.9 Å². The van der Waals surface area contributed by atoms with Crippen LogP contribution in [-0.2, 0) is 28.9 Å². The first-order chi connectivity index (χ1) is 14.7. The molecule has 2 aliphatic rings. The molecule has 0 aromatic heterocycles. The van der Waals surface area contributed by atoms with Crippen LogP contribution < -0.4 is 15.5 Å². The number of ether oxygens (including phenoxy) is 1. The van der Waals surface area contributed by atoms with E-state index in [4.69, 9.17) is 4.74 Å². The van der Waals surface area contributed by atoms with Gasteiger partial charge in [0.15, 0.2) is 0 Å². The predicted molar refractivity (Wildman–Crippen MR) is 109 cm³/mol. The molecule has 162 valence electrons. The van der Waals surface area contributed by atoms with Crippen LogP contribution in [-0.4, -0.2) is 25.6 Å². The Morgan fingerprint density at radius 2 is 2.06 bits per heavy atom. The third-order valence-corrected chi connectivity index (χ3v) is 5.35. The summed E-state index contributed by atoms with van der Waals surface area (Å²) >= 11 is 0. The van der Waals surface area contributed by atoms with Gasteiger partial charge in [0.2, 0.25) is 5.91 Å². The van der Waals surface area contributed by atoms with Crippen molar-refractivity contribution in [2.24, 2.45) is 0 Å². The molecule has 0 fully saturated rings. The first kappa shape index (κ1) is 20.9. The van der Waals surface area contributed by atoms with Crippen molar-refractivity contribution in [2.45, 2.75) is 25.7 Å². The van der Waals surface area contributed by atoms with Crippen molar-refractivity contribution in [3.05, 3.63) is 64.7 Å². The number of hydrogen-bond donors (Lipinski definition) is 2. The van der Waals surface area contributed by atoms with E-state index in [9.17, 15) is 22.8 Å². The van der Waals surface area contributed by atoms with Crippen LogP contribution in [0.2, 0.25) is 0 Å². The van der Waals surface area contributed by atoms with Crippen LogP contribution in [0.15, 0.2) is 42.5 Å². The number of alkyl halides is 3. The molecule has 31 heavy (non-hydrogen) atoms. The molecule has 9 heteroatoms. The number of carbonyl (C=O) groups excluding carboxylic acids is 2. The maximum atomic E-state index is 13.0. The number of carbonyl (C=O) groups is 2. The Kier molecular flexibility index (Phi) is 5.45. The Morgan fingerprint density at radius 3 is 2.84 bits per heavy atom. The summed E-state index contributed by atoms with van der Waals surface area (Å²) in [6.07, 6.45) is -2.65. The fourth-order valence-corrected chi connectivity index (χ4v) is 3.76. The maximum Gasteiger partial charge on any atom is 0.416 e. The molecular formula is C22H20F3N3O3. The summed E-state index contributed by atoms with van der Waals surface area (Å²) in [6, 6.07) is 8.51. The van der Waals surface area contributed by atoms with Crippen molar-refractivity contribution >= 4 is 28.9 Å². The summed E-state index contributed by atoms with van der Waals surface area (Å²) in [4.78, 5) is 26.0. The van der Waals surface area contributed by atoms with E-state index in [-0.39, 0.29) is 19.2 Å². The number of urea groups is 1. The molecule has 2 heterocycles. The Morgan fingerprint density at radius 1 is 1.26 bits per heavy atom. The molecule has 0 bridgehead atoms. The summed E-state index contributed by atoms with van der Waals surface area (Å²) in [5.74, 6) is -0.407. The minimum Gasteiger partial charge on any atom is -0.376 e. The van der Waals surface area contributed by atoms with E-state index in [1.165, 1.54) is 17.0 Å². The zero-order chi connectivity index (χ0) is 22.2. The lowest BCUT2D eigenvalue weighted by Crippen LogP contribution is -2.41. The molecular weight excluding hydrogens is 411 g/mol. The standard InChI is InChI=1S/C22H20F3N3O3/c1-28-19-4-2-3-18(17(19)11-26-21(28)30)27-20(29)10-13-7-8-31-12-14-9-15(22(23,24)25)5-6-16(13)14/h2-6,9-10H,7-8,11-12H2,1H3,(H,26,30)(H,27,29)/b13-10-. The van der Waals surface area contributed by atoms with Gasteiger partial charge in [-0.15, -0.1) is 0 Å². The van der Waals surface area contributed by atoms with Gasteiger partial charge in [0.25, 0.3) is 0 Å². The molecule has 2 aromatic carbocycles. The number of fused-ring (bicyclic) bond motifs is 2. The van der Waals surface area contributed by atoms with Gasteiger partial charge in [0, 0.05) is 30.9 Å². The Balaban J connectivity index is 1.62. The zero-order valence-corrected chi connectivity index (χ0v) is 16.7. The predicted octanol–water partition coefficient (Wildman–Crippen LogP) is 4.31. The monoisotopic (exact) mass is 431 g/mol. The van der Waals surface area contributed by atoms with Gasteiger partial charge >= 0.3 is 12.2 Å². The molecule has 0 saturated heterocycles. The number of hydrogen-bond acceptors (Lipinski definition) is 3. The smallest absolute Gasteiger partial charge is 0.376 e. The fraction of sp³-hybridized carbons (Fsp3) is 0.273. The van der Waals surface area contributed by atoms with Gasteiger partial charge in [-0.2, -0.15) is 13.2 Å². The molecule has 0 unspecified atom stereocenters. The number of benzene rings is 2. The van der Waals surface area contributed by atoms with Crippen molar-refractivity contribution in [1.29, 1.82) is 0 Å². The van der Waals surface area contributed by atoms with Gasteiger partial charge < -0.3 is 15.4 Å². The fourth-order valence-electron chi connectivity index (χ4n) is 3.76. The average Bonchev–Trinajstić information content (AvgIpc) is 2.92. The lowest BCUT2D eigenvalue weighted by Gasteiger charge is -2.28. The van der Waals surface area contributed by atoms with Gasteiger partial charge in [0.05, 0.1) is 24.5 Å². The van der Waals surface area contributed by atoms with Gasteiger partial charge in [-0.25, -0.2) is 4.79 Å². The normalized spacial score (nSPS) is 17.5. The first-order valence-corrected chi connectivity index (χ1v) is 9.67. The van der Waals surface area contributed by atoms with Crippen LogP contribution >= 0.6 is 0 Å². The first-order valence-electron chi connectivity index (χ1n) is 9.67. The molecule has 0 radical (unpaired) electrons. The highest BCUT2D eigenvalue weighted by Gasteiger charge is 2.31. The molecule has 0 aliphatic carbocycles. The lowest BCUT2D eigenvalue weighted by molar-refractivity contribution is -0.137. The number of rotatable bonds is 2. The average molecular weight is 431 g/mol. The third-order valence-electron chi connectivity index (χ3n) is 5.35. The van der Waals surface area contributed by atoms with E-state index >= 15 is 0 Å². The number of anilines is 2. The molecule has 3 amide bonds. The molecule has 0 saturated carbocycles. The third kappa shape index (κ3) is 4.27. The van der Waals surface area contributed by atoms with Crippen molar-refractivity contribution in [3.63, 3.8) is 0 Å². The topological polar surface area (TPSA) is 70.7 Å². The molecule has 2 N–H and O–H groups in total. The molecule has 2 aliphatic heterocycles. The molecule has 2 aromatic rings. The van der Waals surface area contributed by atoms with Gasteiger partial charge in [0.1, 0.15) is 0 Å². The summed E-state index contributed by atoms with van der Waals surface area (Å²) < 4.78 is 44.6. The second kappa shape index (κ2) is 8.07. The van der Waals surface area contributed by atoms with E-state index in [2.05, 4.69) is 10.6 Å². The van der Waals surface area contributed by atoms with Crippen LogP contribution in [0.1, 0.15) is 28.7 Å². The number of nitrogens with zero attached hydrogens (tertiary/aromatic N) is 1. The van der Waals surface area contributed by atoms with Crippen molar-refractivity contribution in [1.82, 2.24) is 5.32 Å². The summed E-state index contributed by atoms with van der Waals surface area (Å²) in [6.45, 7) is 0.631. The zero-order valence-electron chi connectivity index (χ0n) is 16.7. The molecule has 0 atom stereocenters. The van der Waals surface area contributed by atoms with Gasteiger partial charge in [-0.05, 0) is 47.4 Å². The van der Waals surface area contributed by atoms with E-state index in [0.717, 1.165) is 17.7 Å². The summed E-state index contributed by atoms with van der Waals surface area (Å²) in [5, 5.41) is 5.56. The van der Waals surface area contributed by atoms with Crippen LogP contribution in [0, 0.1) is 0 Å². The van der Waals surface area contributed by atoms with E-state index in [1.54, 1.807) is 25.2 Å². The van der Waals surface area contributed by atoms with Crippen LogP contribution in [0.4, 0.5) is 29.3 Å². The Labute approximate surface area is 176 Å². The molecule has 6 nitrogen and oxygen atoms in total. The van der Waals surface area contributed by atoms with E-state index in [0.29, 0.717) is 41.1 Å². The maximum absolute atomic E-state index is 13.0. The number of amides is 3. The van der Waals surface area contributed by atoms with Crippen molar-refractivity contribution < 1.29 is 27.5 Å². The van der Waals surface area contributed by atoms with Crippen molar-refractivity contribution in [3.8, 4) is 0 Å². The Hall–Kier alpha value is -3.33. The molecule has 0 spiro atoms. The number of halogens is 3. The lowest BCUT2D eigenvalue weighted by atomic mass is 9.96. The minimum atomic E-state index is -4.45. The Bertz CT molecular complexity index is 1080. The van der Waals surface area contributed by atoms with Gasteiger partial charge in [-0.3, -0.25) is 9.69 Å². The summed E-state index contributed by atoms with van der Waals surface area (Å²) in [5.41, 5.74) is 2.86. The summed E-state index contributed by atoms with van der Waals surface area (Å²) in [7, 11) is 1.64. The van der Waals surface area contributed by atoms with Gasteiger partial charge in [-0.1, -0.05) is 12.1 Å². The second-order valence-electron chi connectivity index (χ2n) is 7.35. The van der Waals surface area contributed by atoms with Crippen LogP contribution in [0.5, 0.6) is 0 Å². The highest BCUT2D eigenvalue weighted by atomic mass is 19.4. The largest absolute Gasteiger partial charge is 0.416 e. The highest BCUT2D eigenvalue weighted by Crippen LogP contribution is 2.35. The quantitative estimate of drug-likeness (QED) is 0.697. The second-order valence-corrected chi connectivity index (χ2v) is 7.35. The number of nitrogens with one attached hydrogen (secondary N) is 2. The van der Waals surface area contributed by atoms with E-state index < -0.39 is 17.6 Å². The SMILES string of the molecule is CN1C(=O)NCc2c(NC(=O)/C=C3/CCOCc4cc(C(F)(F)F)ccc43)cccc21. The molecule has 4 rings (SSSR count). The van der Waals surface area contributed by atoms with Crippen LogP contribution in [0.3, 0.4) is 0 Å². The minimum absolute atomic E-state index is 0.0520. The van der Waals surface area contributed by atoms with E-state index in [1.807, 2.05) is 0 Å². The highest BCUT2D eigenvalue weighted by molar-refractivity contribution is 6.06.